The molecule has 1 rings (SSSR count). The van der Waals surface area contributed by atoms with E-state index in [4.69, 9.17) is 10.5 Å². The van der Waals surface area contributed by atoms with Crippen molar-refractivity contribution < 1.29 is 17.9 Å². The van der Waals surface area contributed by atoms with E-state index in [1.165, 1.54) is 7.11 Å². The number of alkyl halides is 3. The summed E-state index contributed by atoms with van der Waals surface area (Å²) in [6.45, 7) is 0. The maximum Gasteiger partial charge on any atom is 0.403 e. The summed E-state index contributed by atoms with van der Waals surface area (Å²) in [5.41, 5.74) is 5.76. The smallest absolute Gasteiger partial charge is 0.403 e. The van der Waals surface area contributed by atoms with E-state index in [0.717, 1.165) is 10.0 Å². The number of hydrogen-bond donors (Lipinski definition) is 1. The molecule has 1 atom stereocenters. The molecule has 2 N–H and O–H groups in total. The number of benzene rings is 1. The summed E-state index contributed by atoms with van der Waals surface area (Å²) in [6.07, 6.45) is -4.26. The van der Waals surface area contributed by atoms with Crippen LogP contribution in [-0.4, -0.2) is 19.3 Å². The molecule has 96 valence electrons. The minimum absolute atomic E-state index is 0.151. The van der Waals surface area contributed by atoms with Crippen molar-refractivity contribution in [2.75, 3.05) is 7.11 Å². The first-order valence-corrected chi connectivity index (χ1v) is 5.78. The van der Waals surface area contributed by atoms with Gasteiger partial charge in [0.15, 0.2) is 0 Å². The van der Waals surface area contributed by atoms with Gasteiger partial charge >= 0.3 is 6.18 Å². The highest BCUT2D eigenvalue weighted by atomic mass is 79.9. The standard InChI is InChI=1S/C11H13BrF3NO/c1-17-9-6-8(12)4-2-7(9)3-5-10(16)11(13,14)15/h2,4,6,10H,3,5,16H2,1H3. The second-order valence-corrected chi connectivity index (χ2v) is 4.56. The van der Waals surface area contributed by atoms with Crippen molar-refractivity contribution >= 4 is 15.9 Å². The Morgan fingerprint density at radius 3 is 2.59 bits per heavy atom. The van der Waals surface area contributed by atoms with Crippen molar-refractivity contribution in [1.82, 2.24) is 0 Å². The molecular formula is C11H13BrF3NO. The van der Waals surface area contributed by atoms with Crippen LogP contribution in [0.4, 0.5) is 13.2 Å². The lowest BCUT2D eigenvalue weighted by Crippen LogP contribution is -2.37. The lowest BCUT2D eigenvalue weighted by molar-refractivity contribution is -0.148. The van der Waals surface area contributed by atoms with Gasteiger partial charge in [0.25, 0.3) is 0 Å². The van der Waals surface area contributed by atoms with Gasteiger partial charge in [0.1, 0.15) is 11.8 Å². The number of methoxy groups -OCH3 is 1. The third-order valence-electron chi connectivity index (χ3n) is 2.39. The van der Waals surface area contributed by atoms with Gasteiger partial charge in [0, 0.05) is 4.47 Å². The van der Waals surface area contributed by atoms with Crippen LogP contribution in [0, 0.1) is 0 Å². The highest BCUT2D eigenvalue weighted by Crippen LogP contribution is 2.27. The van der Waals surface area contributed by atoms with Crippen LogP contribution in [0.1, 0.15) is 12.0 Å². The van der Waals surface area contributed by atoms with Crippen molar-refractivity contribution in [2.24, 2.45) is 5.73 Å². The Morgan fingerprint density at radius 2 is 2.06 bits per heavy atom. The normalized spacial score (nSPS) is 13.5. The summed E-state index contributed by atoms with van der Waals surface area (Å²) in [6, 6.07) is 3.41. The quantitative estimate of drug-likeness (QED) is 0.926. The van der Waals surface area contributed by atoms with Gasteiger partial charge < -0.3 is 10.5 Å². The molecule has 0 aliphatic carbocycles. The zero-order valence-corrected chi connectivity index (χ0v) is 10.8. The number of hydrogen-bond acceptors (Lipinski definition) is 2. The van der Waals surface area contributed by atoms with Crippen LogP contribution in [0.15, 0.2) is 22.7 Å². The Labute approximate surface area is 106 Å². The first kappa shape index (κ1) is 14.3. The summed E-state index contributed by atoms with van der Waals surface area (Å²) in [5, 5.41) is 0. The first-order chi connectivity index (χ1) is 7.84. The molecule has 1 aromatic carbocycles. The molecule has 0 radical (unpaired) electrons. The second kappa shape index (κ2) is 5.73. The van der Waals surface area contributed by atoms with Gasteiger partial charge in [-0.1, -0.05) is 22.0 Å². The highest BCUT2D eigenvalue weighted by molar-refractivity contribution is 9.10. The van der Waals surface area contributed by atoms with Crippen LogP contribution in [0.25, 0.3) is 0 Å². The summed E-state index contributed by atoms with van der Waals surface area (Å²) >= 11 is 3.26. The Morgan fingerprint density at radius 1 is 1.41 bits per heavy atom. The van der Waals surface area contributed by atoms with Gasteiger partial charge in [-0.3, -0.25) is 0 Å². The monoisotopic (exact) mass is 311 g/mol. The fourth-order valence-corrected chi connectivity index (χ4v) is 1.74. The minimum Gasteiger partial charge on any atom is -0.496 e. The van der Waals surface area contributed by atoms with Gasteiger partial charge in [0.05, 0.1) is 7.11 Å². The van der Waals surface area contributed by atoms with Crippen LogP contribution in [-0.2, 0) is 6.42 Å². The molecule has 6 heteroatoms. The van der Waals surface area contributed by atoms with Crippen molar-refractivity contribution in [2.45, 2.75) is 25.1 Å². The first-order valence-electron chi connectivity index (χ1n) is 4.99. The summed E-state index contributed by atoms with van der Waals surface area (Å²) < 4.78 is 42.6. The third kappa shape index (κ3) is 4.20. The molecule has 0 fully saturated rings. The van der Waals surface area contributed by atoms with Crippen LogP contribution in [0.3, 0.4) is 0 Å². The summed E-state index contributed by atoms with van der Waals surface area (Å²) in [5.74, 6) is 0.564. The predicted molar refractivity (Wildman–Crippen MR) is 63.0 cm³/mol. The van der Waals surface area contributed by atoms with Gasteiger partial charge in [0.2, 0.25) is 0 Å². The number of nitrogens with two attached hydrogens (primary N) is 1. The van der Waals surface area contributed by atoms with E-state index in [2.05, 4.69) is 15.9 Å². The van der Waals surface area contributed by atoms with Gasteiger partial charge in [-0.05, 0) is 30.5 Å². The molecule has 17 heavy (non-hydrogen) atoms. The molecule has 1 aromatic rings. The van der Waals surface area contributed by atoms with Crippen molar-refractivity contribution in [3.8, 4) is 5.75 Å². The molecule has 2 nitrogen and oxygen atoms in total. The number of rotatable bonds is 4. The zero-order valence-electron chi connectivity index (χ0n) is 9.22. The molecule has 0 saturated carbocycles. The van der Waals surface area contributed by atoms with E-state index in [0.29, 0.717) is 5.75 Å². The van der Waals surface area contributed by atoms with Crippen LogP contribution >= 0.6 is 15.9 Å². The zero-order chi connectivity index (χ0) is 13.1. The predicted octanol–water partition coefficient (Wildman–Crippen LogP) is 3.28. The molecule has 0 bridgehead atoms. The molecule has 0 saturated heterocycles. The lowest BCUT2D eigenvalue weighted by Gasteiger charge is -2.16. The van der Waals surface area contributed by atoms with Crippen LogP contribution < -0.4 is 10.5 Å². The molecule has 0 amide bonds. The Kier molecular flexibility index (Phi) is 4.82. The highest BCUT2D eigenvalue weighted by Gasteiger charge is 2.36. The van der Waals surface area contributed by atoms with Gasteiger partial charge in [-0.15, -0.1) is 0 Å². The van der Waals surface area contributed by atoms with E-state index in [1.54, 1.807) is 18.2 Å². The molecule has 0 spiro atoms. The van der Waals surface area contributed by atoms with Crippen molar-refractivity contribution in [1.29, 1.82) is 0 Å². The van der Waals surface area contributed by atoms with Crippen molar-refractivity contribution in [3.63, 3.8) is 0 Å². The number of ether oxygens (including phenoxy) is 1. The maximum atomic E-state index is 12.2. The number of halogens is 4. The molecule has 0 heterocycles. The largest absolute Gasteiger partial charge is 0.496 e. The Hall–Kier alpha value is -0.750. The van der Waals surface area contributed by atoms with E-state index >= 15 is 0 Å². The fraction of sp³-hybridized carbons (Fsp3) is 0.455. The molecule has 0 aromatic heterocycles. The fourth-order valence-electron chi connectivity index (χ4n) is 1.40. The Bertz CT molecular complexity index is 381. The van der Waals surface area contributed by atoms with Crippen LogP contribution in [0.5, 0.6) is 5.75 Å². The van der Waals surface area contributed by atoms with E-state index in [1.807, 2.05) is 0 Å². The average Bonchev–Trinajstić information content (AvgIpc) is 2.25. The maximum absolute atomic E-state index is 12.2. The average molecular weight is 312 g/mol. The summed E-state index contributed by atoms with van der Waals surface area (Å²) in [4.78, 5) is 0. The minimum atomic E-state index is -4.34. The molecular weight excluding hydrogens is 299 g/mol. The summed E-state index contributed by atoms with van der Waals surface area (Å²) in [7, 11) is 1.48. The molecule has 1 unspecified atom stereocenters. The van der Waals surface area contributed by atoms with Crippen LogP contribution in [0.2, 0.25) is 0 Å². The Balaban J connectivity index is 2.69. The lowest BCUT2D eigenvalue weighted by atomic mass is 10.0. The topological polar surface area (TPSA) is 35.2 Å². The SMILES string of the molecule is COc1cc(Br)ccc1CCC(N)C(F)(F)F. The number of aryl methyl sites for hydroxylation is 1. The van der Waals surface area contributed by atoms with E-state index < -0.39 is 12.2 Å². The van der Waals surface area contributed by atoms with E-state index in [9.17, 15) is 13.2 Å². The van der Waals surface area contributed by atoms with Gasteiger partial charge in [-0.2, -0.15) is 13.2 Å². The molecule has 0 aliphatic heterocycles. The van der Waals surface area contributed by atoms with E-state index in [-0.39, 0.29) is 12.8 Å². The van der Waals surface area contributed by atoms with Gasteiger partial charge in [-0.25, -0.2) is 0 Å². The van der Waals surface area contributed by atoms with Crippen molar-refractivity contribution in [3.05, 3.63) is 28.2 Å². The molecule has 0 aliphatic rings. The third-order valence-corrected chi connectivity index (χ3v) is 2.89. The second-order valence-electron chi connectivity index (χ2n) is 3.64.